The average molecular weight is 312 g/mol. The van der Waals surface area contributed by atoms with Crippen molar-refractivity contribution in [2.24, 2.45) is 0 Å². The van der Waals surface area contributed by atoms with Crippen molar-refractivity contribution in [1.82, 2.24) is 20.3 Å². The van der Waals surface area contributed by atoms with Crippen LogP contribution in [0, 0.1) is 11.3 Å². The second-order valence-electron chi connectivity index (χ2n) is 5.75. The number of aromatic amines is 1. The van der Waals surface area contributed by atoms with Crippen LogP contribution in [0.2, 0.25) is 0 Å². The molecule has 120 valence electrons. The normalized spacial score (nSPS) is 18.5. The first-order chi connectivity index (χ1) is 11.2. The van der Waals surface area contributed by atoms with Crippen LogP contribution in [0.4, 0.5) is 5.69 Å². The predicted molar refractivity (Wildman–Crippen MR) is 87.5 cm³/mol. The summed E-state index contributed by atoms with van der Waals surface area (Å²) >= 11 is 0. The van der Waals surface area contributed by atoms with Crippen molar-refractivity contribution in [2.45, 2.75) is 25.3 Å². The van der Waals surface area contributed by atoms with Gasteiger partial charge in [-0.2, -0.15) is 5.26 Å². The Kier molecular flexibility index (Phi) is 4.44. The number of hydrogen-bond acceptors (Lipinski definition) is 5. The fourth-order valence-electron chi connectivity index (χ4n) is 3.08. The molecule has 3 heterocycles. The van der Waals surface area contributed by atoms with Gasteiger partial charge in [0.2, 0.25) is 5.91 Å². The van der Waals surface area contributed by atoms with Crippen molar-refractivity contribution in [3.05, 3.63) is 24.5 Å². The summed E-state index contributed by atoms with van der Waals surface area (Å²) in [5.41, 5.74) is 1.95. The number of piperidine rings is 1. The number of amides is 1. The van der Waals surface area contributed by atoms with E-state index in [1.54, 1.807) is 6.20 Å². The summed E-state index contributed by atoms with van der Waals surface area (Å²) < 4.78 is 0. The Bertz CT molecular complexity index is 733. The number of nitriles is 1. The standard InChI is InChI=1S/C16H20N6O/c1-21(14-6-9-19-16-13(14)5-8-18-16)22-10-2-3-12(11-22)20-15(23)4-7-17/h5-6,8-9,12H,2-4,10-11H2,1H3,(H,18,19)(H,20,23). The van der Waals surface area contributed by atoms with E-state index in [1.165, 1.54) is 0 Å². The molecule has 3 rings (SSSR count). The summed E-state index contributed by atoms with van der Waals surface area (Å²) in [5.74, 6) is -0.195. The van der Waals surface area contributed by atoms with Gasteiger partial charge < -0.3 is 15.3 Å². The molecule has 2 aromatic rings. The molecule has 7 heteroatoms. The van der Waals surface area contributed by atoms with Crippen LogP contribution in [-0.4, -0.2) is 47.1 Å². The van der Waals surface area contributed by atoms with Gasteiger partial charge in [-0.25, -0.2) is 9.99 Å². The first-order valence-electron chi connectivity index (χ1n) is 7.76. The van der Waals surface area contributed by atoms with Crippen LogP contribution in [-0.2, 0) is 4.79 Å². The van der Waals surface area contributed by atoms with Crippen molar-refractivity contribution in [3.63, 3.8) is 0 Å². The SMILES string of the molecule is CN(c1ccnc2[nH]ccc12)N1CCCC(NC(=O)CC#N)C1. The summed E-state index contributed by atoms with van der Waals surface area (Å²) in [7, 11) is 2.03. The number of fused-ring (bicyclic) bond motifs is 1. The van der Waals surface area contributed by atoms with Gasteiger partial charge in [0.15, 0.2) is 0 Å². The van der Waals surface area contributed by atoms with Crippen LogP contribution in [0.3, 0.4) is 0 Å². The Labute approximate surface area is 134 Å². The molecule has 1 atom stereocenters. The largest absolute Gasteiger partial charge is 0.351 e. The van der Waals surface area contributed by atoms with Crippen LogP contribution in [0.5, 0.6) is 0 Å². The molecule has 1 unspecified atom stereocenters. The average Bonchev–Trinajstić information content (AvgIpc) is 3.03. The van der Waals surface area contributed by atoms with Crippen LogP contribution in [0.15, 0.2) is 24.5 Å². The van der Waals surface area contributed by atoms with Gasteiger partial charge in [-0.3, -0.25) is 4.79 Å². The lowest BCUT2D eigenvalue weighted by Gasteiger charge is -2.39. The van der Waals surface area contributed by atoms with Gasteiger partial charge in [0.05, 0.1) is 11.8 Å². The Balaban J connectivity index is 1.72. The highest BCUT2D eigenvalue weighted by Crippen LogP contribution is 2.26. The van der Waals surface area contributed by atoms with E-state index in [2.05, 4.69) is 25.3 Å². The van der Waals surface area contributed by atoms with E-state index >= 15 is 0 Å². The maximum absolute atomic E-state index is 11.6. The number of H-pyrrole nitrogens is 1. The molecule has 1 aliphatic rings. The highest BCUT2D eigenvalue weighted by molar-refractivity contribution is 5.89. The second kappa shape index (κ2) is 6.67. The molecule has 1 saturated heterocycles. The second-order valence-corrected chi connectivity index (χ2v) is 5.75. The van der Waals surface area contributed by atoms with E-state index in [1.807, 2.05) is 31.4 Å². The van der Waals surface area contributed by atoms with Crippen molar-refractivity contribution < 1.29 is 4.79 Å². The van der Waals surface area contributed by atoms with E-state index in [9.17, 15) is 4.79 Å². The molecule has 2 N–H and O–H groups in total. The highest BCUT2D eigenvalue weighted by atomic mass is 16.1. The van der Waals surface area contributed by atoms with Crippen molar-refractivity contribution in [1.29, 1.82) is 5.26 Å². The topological polar surface area (TPSA) is 88.1 Å². The van der Waals surface area contributed by atoms with Crippen molar-refractivity contribution in [3.8, 4) is 6.07 Å². The van der Waals surface area contributed by atoms with Gasteiger partial charge in [0.25, 0.3) is 0 Å². The molecular formula is C16H20N6O. The maximum atomic E-state index is 11.6. The zero-order valence-electron chi connectivity index (χ0n) is 13.1. The first-order valence-corrected chi connectivity index (χ1v) is 7.76. The lowest BCUT2D eigenvalue weighted by atomic mass is 10.1. The minimum Gasteiger partial charge on any atom is -0.351 e. The molecule has 23 heavy (non-hydrogen) atoms. The van der Waals surface area contributed by atoms with Gasteiger partial charge >= 0.3 is 0 Å². The third-order valence-electron chi connectivity index (χ3n) is 4.21. The lowest BCUT2D eigenvalue weighted by molar-refractivity contribution is -0.121. The molecule has 0 aliphatic carbocycles. The molecule has 0 saturated carbocycles. The molecule has 2 aromatic heterocycles. The number of pyridine rings is 1. The Morgan fingerprint density at radius 2 is 2.48 bits per heavy atom. The van der Waals surface area contributed by atoms with E-state index in [4.69, 9.17) is 5.26 Å². The van der Waals surface area contributed by atoms with E-state index in [0.717, 1.165) is 42.7 Å². The Hall–Kier alpha value is -2.59. The summed E-state index contributed by atoms with van der Waals surface area (Å²) in [6.45, 7) is 1.68. The molecule has 1 aliphatic heterocycles. The molecular weight excluding hydrogens is 292 g/mol. The lowest BCUT2D eigenvalue weighted by Crippen LogP contribution is -2.53. The number of carbonyl (C=O) groups is 1. The van der Waals surface area contributed by atoms with Crippen molar-refractivity contribution >= 4 is 22.6 Å². The van der Waals surface area contributed by atoms with Crippen molar-refractivity contribution in [2.75, 3.05) is 25.1 Å². The van der Waals surface area contributed by atoms with Gasteiger partial charge in [-0.1, -0.05) is 0 Å². The monoisotopic (exact) mass is 312 g/mol. The molecule has 0 spiro atoms. The number of anilines is 1. The Morgan fingerprint density at radius 3 is 3.30 bits per heavy atom. The number of rotatable bonds is 4. The number of hydrazine groups is 1. The van der Waals surface area contributed by atoms with E-state index < -0.39 is 0 Å². The highest BCUT2D eigenvalue weighted by Gasteiger charge is 2.24. The van der Waals surface area contributed by atoms with Gasteiger partial charge in [0, 0.05) is 44.0 Å². The molecule has 0 bridgehead atoms. The Morgan fingerprint density at radius 1 is 1.61 bits per heavy atom. The number of hydrogen-bond donors (Lipinski definition) is 2. The smallest absolute Gasteiger partial charge is 0.234 e. The summed E-state index contributed by atoms with van der Waals surface area (Å²) in [4.78, 5) is 19.1. The minimum atomic E-state index is -0.195. The summed E-state index contributed by atoms with van der Waals surface area (Å²) in [6.07, 6.45) is 5.54. The third kappa shape index (κ3) is 3.27. The molecule has 0 aromatic carbocycles. The van der Waals surface area contributed by atoms with Crippen LogP contribution in [0.25, 0.3) is 11.0 Å². The van der Waals surface area contributed by atoms with Gasteiger partial charge in [-0.05, 0) is 25.0 Å². The molecule has 1 fully saturated rings. The maximum Gasteiger partial charge on any atom is 0.234 e. The number of nitrogens with one attached hydrogen (secondary N) is 2. The van der Waals surface area contributed by atoms with Gasteiger partial charge in [0.1, 0.15) is 12.1 Å². The third-order valence-corrected chi connectivity index (χ3v) is 4.21. The van der Waals surface area contributed by atoms with Crippen LogP contribution >= 0.6 is 0 Å². The fraction of sp³-hybridized carbons (Fsp3) is 0.438. The predicted octanol–water partition coefficient (Wildman–Crippen LogP) is 1.41. The number of aromatic nitrogens is 2. The summed E-state index contributed by atoms with van der Waals surface area (Å²) in [5, 5.41) is 17.0. The molecule has 7 nitrogen and oxygen atoms in total. The van der Waals surface area contributed by atoms with Crippen LogP contribution in [0.1, 0.15) is 19.3 Å². The number of nitrogens with zero attached hydrogens (tertiary/aromatic N) is 4. The van der Waals surface area contributed by atoms with Crippen LogP contribution < -0.4 is 10.3 Å². The number of carbonyl (C=O) groups excluding carboxylic acids is 1. The first kappa shape index (κ1) is 15.3. The minimum absolute atomic E-state index is 0.0793. The quantitative estimate of drug-likeness (QED) is 0.891. The fourth-order valence-corrected chi connectivity index (χ4v) is 3.08. The molecule has 1 amide bonds. The van der Waals surface area contributed by atoms with E-state index in [-0.39, 0.29) is 18.4 Å². The zero-order chi connectivity index (χ0) is 16.2. The van der Waals surface area contributed by atoms with E-state index in [0.29, 0.717) is 0 Å². The van der Waals surface area contributed by atoms with Gasteiger partial charge in [-0.15, -0.1) is 0 Å². The summed E-state index contributed by atoms with van der Waals surface area (Å²) in [6, 6.07) is 5.98. The molecule has 0 radical (unpaired) electrons. The zero-order valence-corrected chi connectivity index (χ0v) is 13.1.